The van der Waals surface area contributed by atoms with Crippen molar-refractivity contribution in [2.24, 2.45) is 5.92 Å². The fraction of sp³-hybridized carbons (Fsp3) is 0.600. The van der Waals surface area contributed by atoms with Gasteiger partial charge < -0.3 is 10.1 Å². The monoisotopic (exact) mass is 452 g/mol. The Morgan fingerprint density at radius 3 is 2.48 bits per heavy atom. The van der Waals surface area contributed by atoms with E-state index in [-0.39, 0.29) is 18.3 Å². The van der Waals surface area contributed by atoms with Crippen LogP contribution < -0.4 is 14.8 Å². The largest absolute Gasteiger partial charge is 0.489 e. The lowest BCUT2D eigenvalue weighted by Crippen LogP contribution is -2.41. The van der Waals surface area contributed by atoms with Crippen LogP contribution in [0.1, 0.15) is 50.8 Å². The molecular weight excluding hydrogens is 425 g/mol. The molecule has 1 fully saturated rings. The second-order valence-corrected chi connectivity index (χ2v) is 10.4. The first kappa shape index (κ1) is 24.2. The molecule has 0 aromatic heterocycles. The second kappa shape index (κ2) is 9.81. The molecule has 0 radical (unpaired) electrons. The minimum atomic E-state index is -4.60. The Morgan fingerprint density at radius 2 is 1.97 bits per heavy atom. The molecule has 0 spiro atoms. The molecule has 2 atom stereocenters. The van der Waals surface area contributed by atoms with Gasteiger partial charge in [-0.1, -0.05) is 24.3 Å². The van der Waals surface area contributed by atoms with Gasteiger partial charge >= 0.3 is 6.18 Å². The Hall–Kier alpha value is -1.09. The summed E-state index contributed by atoms with van der Waals surface area (Å²) >= 11 is 6.02. The van der Waals surface area contributed by atoms with E-state index in [1.807, 2.05) is 20.8 Å². The summed E-state index contributed by atoms with van der Waals surface area (Å²) in [6.07, 6.45) is -1.56. The summed E-state index contributed by atoms with van der Waals surface area (Å²) in [5.41, 5.74) is -0.475. The fourth-order valence-corrected chi connectivity index (χ4v) is 4.37. The maximum absolute atomic E-state index is 13.4. The summed E-state index contributed by atoms with van der Waals surface area (Å²) in [7, 11) is -1.42. The first-order valence-corrected chi connectivity index (χ1v) is 11.0. The van der Waals surface area contributed by atoms with Crippen LogP contribution in [0, 0.1) is 5.92 Å². The van der Waals surface area contributed by atoms with Gasteiger partial charge in [0.15, 0.2) is 0 Å². The third-order valence-electron chi connectivity index (χ3n) is 4.74. The number of nitrogens with one attached hydrogen (secondary N) is 2. The van der Waals surface area contributed by atoms with E-state index in [0.29, 0.717) is 5.56 Å². The predicted molar refractivity (Wildman–Crippen MR) is 112 cm³/mol. The van der Waals surface area contributed by atoms with E-state index < -0.39 is 38.5 Å². The Bertz CT molecular complexity index is 744. The zero-order chi connectivity index (χ0) is 21.8. The van der Waals surface area contributed by atoms with Crippen molar-refractivity contribution in [1.29, 1.82) is 0 Å². The van der Waals surface area contributed by atoms with E-state index in [2.05, 4.69) is 16.6 Å². The maximum Gasteiger partial charge on any atom is 0.417 e. The average molecular weight is 453 g/mol. The fourth-order valence-electron chi connectivity index (χ4n) is 3.19. The summed E-state index contributed by atoms with van der Waals surface area (Å²) in [5.74, 6) is 0.144. The van der Waals surface area contributed by atoms with Crippen LogP contribution in [0.25, 0.3) is 0 Å². The first-order valence-electron chi connectivity index (χ1n) is 9.48. The van der Waals surface area contributed by atoms with Crippen molar-refractivity contribution in [2.75, 3.05) is 19.7 Å². The standard InChI is InChI=1S/C20H28ClF3N2O2S/c1-5-10-28-17-12-15(20(22,23)24)16(21)11-14(17)18(13-6-8-25-9-7-13)26-29(27)19(2,3)4/h5,11-13,18,25-26H,1,6-10H2,2-4H3/t18-,29+/m1/s1. The lowest BCUT2D eigenvalue weighted by atomic mass is 9.86. The number of benzene rings is 1. The summed E-state index contributed by atoms with van der Waals surface area (Å²) in [5, 5.41) is 2.87. The number of piperidine rings is 1. The molecule has 0 amide bonds. The van der Waals surface area contributed by atoms with Crippen LogP contribution in [0.3, 0.4) is 0 Å². The molecule has 2 rings (SSSR count). The van der Waals surface area contributed by atoms with Crippen molar-refractivity contribution in [1.82, 2.24) is 10.0 Å². The number of ether oxygens (including phenoxy) is 1. The molecule has 0 aliphatic carbocycles. The first-order chi connectivity index (χ1) is 13.4. The Balaban J connectivity index is 2.55. The molecule has 1 heterocycles. The molecule has 1 saturated heterocycles. The van der Waals surface area contributed by atoms with Crippen molar-refractivity contribution >= 4 is 22.6 Å². The third kappa shape index (κ3) is 6.44. The summed E-state index contributed by atoms with van der Waals surface area (Å²) in [4.78, 5) is 0. The van der Waals surface area contributed by atoms with Crippen LogP contribution in [-0.4, -0.2) is 28.7 Å². The van der Waals surface area contributed by atoms with E-state index in [1.165, 1.54) is 12.1 Å². The zero-order valence-electron chi connectivity index (χ0n) is 16.9. The van der Waals surface area contributed by atoms with Gasteiger partial charge in [-0.05, 0) is 64.8 Å². The van der Waals surface area contributed by atoms with Gasteiger partial charge in [0.05, 0.1) is 32.4 Å². The van der Waals surface area contributed by atoms with Crippen molar-refractivity contribution in [3.63, 3.8) is 0 Å². The lowest BCUT2D eigenvalue weighted by molar-refractivity contribution is -0.137. The summed E-state index contributed by atoms with van der Waals surface area (Å²) in [6, 6.07) is 1.76. The summed E-state index contributed by atoms with van der Waals surface area (Å²) < 4.78 is 61.1. The minimum Gasteiger partial charge on any atom is -0.489 e. The summed E-state index contributed by atoms with van der Waals surface area (Å²) in [6.45, 7) is 10.7. The van der Waals surface area contributed by atoms with E-state index in [9.17, 15) is 17.4 Å². The van der Waals surface area contributed by atoms with Gasteiger partial charge in [0.1, 0.15) is 12.4 Å². The number of hydrogen-bond donors (Lipinski definition) is 2. The molecule has 9 heteroatoms. The second-order valence-electron chi connectivity index (χ2n) is 8.03. The topological polar surface area (TPSA) is 50.4 Å². The van der Waals surface area contributed by atoms with E-state index in [1.54, 1.807) is 0 Å². The van der Waals surface area contributed by atoms with Crippen LogP contribution in [0.15, 0.2) is 24.8 Å². The highest BCUT2D eigenvalue weighted by molar-refractivity contribution is 7.84. The van der Waals surface area contributed by atoms with Crippen LogP contribution in [-0.2, 0) is 17.2 Å². The quantitative estimate of drug-likeness (QED) is 0.571. The number of rotatable bonds is 7. The maximum atomic E-state index is 13.4. The van der Waals surface area contributed by atoms with Crippen LogP contribution >= 0.6 is 11.6 Å². The highest BCUT2D eigenvalue weighted by Gasteiger charge is 2.37. The lowest BCUT2D eigenvalue weighted by Gasteiger charge is -2.34. The van der Waals surface area contributed by atoms with E-state index in [0.717, 1.165) is 32.0 Å². The number of alkyl halides is 3. The minimum absolute atomic E-state index is 0.0488. The SMILES string of the molecule is C=CCOc1cc(C(F)(F)F)c(Cl)cc1[C@H](N[S@@](=O)C(C)(C)C)C1CCNCC1. The van der Waals surface area contributed by atoms with Crippen LogP contribution in [0.4, 0.5) is 13.2 Å². The van der Waals surface area contributed by atoms with Gasteiger partial charge in [0.25, 0.3) is 0 Å². The molecule has 1 aromatic carbocycles. The number of halogens is 4. The van der Waals surface area contributed by atoms with Gasteiger partial charge in [0, 0.05) is 5.56 Å². The van der Waals surface area contributed by atoms with Gasteiger partial charge in [-0.15, -0.1) is 0 Å². The normalized spacial score (nSPS) is 18.3. The molecule has 164 valence electrons. The van der Waals surface area contributed by atoms with Gasteiger partial charge in [-0.2, -0.15) is 13.2 Å². The number of hydrogen-bond acceptors (Lipinski definition) is 3. The third-order valence-corrected chi connectivity index (χ3v) is 6.64. The average Bonchev–Trinajstić information content (AvgIpc) is 2.63. The molecule has 0 saturated carbocycles. The van der Waals surface area contributed by atoms with Gasteiger partial charge in [-0.25, -0.2) is 8.93 Å². The van der Waals surface area contributed by atoms with Crippen molar-refractivity contribution in [3.8, 4) is 5.75 Å². The highest BCUT2D eigenvalue weighted by atomic mass is 35.5. The highest BCUT2D eigenvalue weighted by Crippen LogP contribution is 2.43. The molecule has 2 N–H and O–H groups in total. The van der Waals surface area contributed by atoms with Crippen molar-refractivity contribution < 1.29 is 22.1 Å². The van der Waals surface area contributed by atoms with Crippen molar-refractivity contribution in [2.45, 2.75) is 50.6 Å². The molecule has 1 aliphatic heterocycles. The molecule has 0 unspecified atom stereocenters. The van der Waals surface area contributed by atoms with Crippen LogP contribution in [0.5, 0.6) is 5.75 Å². The predicted octanol–water partition coefficient (Wildman–Crippen LogP) is 5.02. The molecule has 1 aliphatic rings. The Labute approximate surface area is 177 Å². The van der Waals surface area contributed by atoms with Gasteiger partial charge in [0.2, 0.25) is 0 Å². The molecule has 1 aromatic rings. The molecular formula is C20H28ClF3N2O2S. The van der Waals surface area contributed by atoms with Crippen molar-refractivity contribution in [3.05, 3.63) is 40.9 Å². The van der Waals surface area contributed by atoms with E-state index in [4.69, 9.17) is 16.3 Å². The molecule has 29 heavy (non-hydrogen) atoms. The smallest absolute Gasteiger partial charge is 0.417 e. The van der Waals surface area contributed by atoms with Crippen LogP contribution in [0.2, 0.25) is 5.02 Å². The zero-order valence-corrected chi connectivity index (χ0v) is 18.4. The Morgan fingerprint density at radius 1 is 1.34 bits per heavy atom. The van der Waals surface area contributed by atoms with E-state index >= 15 is 0 Å². The molecule has 4 nitrogen and oxygen atoms in total. The molecule has 0 bridgehead atoms. The van der Waals surface area contributed by atoms with Gasteiger partial charge in [-0.3, -0.25) is 0 Å². The Kier molecular flexibility index (Phi) is 8.18.